The zero-order chi connectivity index (χ0) is 18.2. The Kier molecular flexibility index (Phi) is 7.34. The molecule has 0 atom stereocenters. The summed E-state index contributed by atoms with van der Waals surface area (Å²) >= 11 is 5.52. The molecule has 1 amide bonds. The molecule has 0 saturated heterocycles. The van der Waals surface area contributed by atoms with Gasteiger partial charge in [-0.25, -0.2) is 0 Å². The van der Waals surface area contributed by atoms with Gasteiger partial charge in [0.15, 0.2) is 0 Å². The normalized spacial score (nSPS) is 10.6. The SMILES string of the molecule is N#CCCN(CCC#N)C(=O)CNc1ccc(Cl)c(C(F)(F)F)c1. The number of anilines is 1. The number of hydrogen-bond donors (Lipinski definition) is 1. The Morgan fingerprint density at radius 3 is 2.29 bits per heavy atom. The molecule has 0 aliphatic heterocycles. The fourth-order valence-corrected chi connectivity index (χ4v) is 2.10. The smallest absolute Gasteiger partial charge is 0.376 e. The van der Waals surface area contributed by atoms with E-state index in [2.05, 4.69) is 5.32 Å². The Bertz CT molecular complexity index is 646. The van der Waals surface area contributed by atoms with E-state index in [9.17, 15) is 18.0 Å². The number of benzene rings is 1. The number of alkyl halides is 3. The first-order valence-electron chi connectivity index (χ1n) is 6.92. The van der Waals surface area contributed by atoms with Gasteiger partial charge in [-0.2, -0.15) is 23.7 Å². The van der Waals surface area contributed by atoms with Crippen LogP contribution in [0.2, 0.25) is 5.02 Å². The number of carbonyl (C=O) groups excluding carboxylic acids is 1. The van der Waals surface area contributed by atoms with Gasteiger partial charge in [0.05, 0.1) is 42.1 Å². The van der Waals surface area contributed by atoms with Crippen molar-refractivity contribution >= 4 is 23.2 Å². The van der Waals surface area contributed by atoms with Crippen LogP contribution in [0.25, 0.3) is 0 Å². The molecule has 9 heteroatoms. The Labute approximate surface area is 142 Å². The average Bonchev–Trinajstić information content (AvgIpc) is 2.53. The van der Waals surface area contributed by atoms with E-state index >= 15 is 0 Å². The second-order valence-corrected chi connectivity index (χ2v) is 5.15. The summed E-state index contributed by atoms with van der Waals surface area (Å²) in [5.41, 5.74) is -0.895. The quantitative estimate of drug-likeness (QED) is 0.809. The Morgan fingerprint density at radius 1 is 1.21 bits per heavy atom. The van der Waals surface area contributed by atoms with E-state index in [-0.39, 0.29) is 38.2 Å². The van der Waals surface area contributed by atoms with E-state index in [1.54, 1.807) is 0 Å². The molecule has 0 aliphatic carbocycles. The zero-order valence-electron chi connectivity index (χ0n) is 12.5. The maximum absolute atomic E-state index is 12.8. The van der Waals surface area contributed by atoms with Gasteiger partial charge in [0.2, 0.25) is 5.91 Å². The first-order valence-corrected chi connectivity index (χ1v) is 7.29. The monoisotopic (exact) mass is 358 g/mol. The molecule has 0 fully saturated rings. The molecule has 0 spiro atoms. The van der Waals surface area contributed by atoms with Crippen molar-refractivity contribution in [3.63, 3.8) is 0 Å². The average molecular weight is 359 g/mol. The molecular formula is C15H14ClF3N4O. The third-order valence-corrected chi connectivity index (χ3v) is 3.38. The first kappa shape index (κ1) is 19.6. The first-order chi connectivity index (χ1) is 11.3. The van der Waals surface area contributed by atoms with E-state index < -0.39 is 22.7 Å². The minimum atomic E-state index is -4.59. The summed E-state index contributed by atoms with van der Waals surface area (Å²) in [6, 6.07) is 7.05. The highest BCUT2D eigenvalue weighted by molar-refractivity contribution is 6.31. The van der Waals surface area contributed by atoms with Crippen molar-refractivity contribution in [2.75, 3.05) is 25.0 Å². The van der Waals surface area contributed by atoms with Crippen molar-refractivity contribution in [2.45, 2.75) is 19.0 Å². The van der Waals surface area contributed by atoms with Crippen LogP contribution in [0.5, 0.6) is 0 Å². The van der Waals surface area contributed by atoms with Gasteiger partial charge in [0.25, 0.3) is 0 Å². The number of nitriles is 2. The number of amides is 1. The Morgan fingerprint density at radius 2 is 1.79 bits per heavy atom. The van der Waals surface area contributed by atoms with Gasteiger partial charge in [-0.05, 0) is 18.2 Å². The Balaban J connectivity index is 2.75. The van der Waals surface area contributed by atoms with Crippen LogP contribution in [-0.2, 0) is 11.0 Å². The summed E-state index contributed by atoms with van der Waals surface area (Å²) in [5, 5.41) is 19.3. The van der Waals surface area contributed by atoms with E-state index in [1.807, 2.05) is 12.1 Å². The van der Waals surface area contributed by atoms with Crippen LogP contribution < -0.4 is 5.32 Å². The molecule has 1 aromatic rings. The van der Waals surface area contributed by atoms with Crippen molar-refractivity contribution in [1.82, 2.24) is 4.90 Å². The molecular weight excluding hydrogens is 345 g/mol. The summed E-state index contributed by atoms with van der Waals surface area (Å²) in [4.78, 5) is 13.4. The maximum atomic E-state index is 12.8. The predicted molar refractivity (Wildman–Crippen MR) is 82.0 cm³/mol. The highest BCUT2D eigenvalue weighted by Crippen LogP contribution is 2.36. The van der Waals surface area contributed by atoms with Gasteiger partial charge in [-0.15, -0.1) is 0 Å². The van der Waals surface area contributed by atoms with Gasteiger partial charge < -0.3 is 10.2 Å². The van der Waals surface area contributed by atoms with Crippen molar-refractivity contribution in [1.29, 1.82) is 10.5 Å². The lowest BCUT2D eigenvalue weighted by Gasteiger charge is -2.21. The molecule has 0 bridgehead atoms. The van der Waals surface area contributed by atoms with Crippen LogP contribution in [0.4, 0.5) is 18.9 Å². The van der Waals surface area contributed by atoms with Crippen LogP contribution in [0.3, 0.4) is 0 Å². The molecule has 0 unspecified atom stereocenters. The summed E-state index contributed by atoms with van der Waals surface area (Å²) in [7, 11) is 0. The van der Waals surface area contributed by atoms with Crippen LogP contribution >= 0.6 is 11.6 Å². The van der Waals surface area contributed by atoms with Crippen LogP contribution in [-0.4, -0.2) is 30.4 Å². The van der Waals surface area contributed by atoms with E-state index in [1.165, 1.54) is 11.0 Å². The van der Waals surface area contributed by atoms with Crippen molar-refractivity contribution < 1.29 is 18.0 Å². The number of nitrogens with zero attached hydrogens (tertiary/aromatic N) is 3. The molecule has 5 nitrogen and oxygen atoms in total. The van der Waals surface area contributed by atoms with Gasteiger partial charge in [0, 0.05) is 18.8 Å². The van der Waals surface area contributed by atoms with E-state index in [4.69, 9.17) is 22.1 Å². The topological polar surface area (TPSA) is 79.9 Å². The third-order valence-electron chi connectivity index (χ3n) is 3.06. The van der Waals surface area contributed by atoms with Crippen molar-refractivity contribution in [2.24, 2.45) is 0 Å². The molecule has 0 saturated carbocycles. The summed E-state index contributed by atoms with van der Waals surface area (Å²) < 4.78 is 38.4. The van der Waals surface area contributed by atoms with Crippen LogP contribution in [0.1, 0.15) is 18.4 Å². The van der Waals surface area contributed by atoms with E-state index in [0.717, 1.165) is 12.1 Å². The standard InChI is InChI=1S/C15H14ClF3N4O/c16-13-4-3-11(9-12(13)15(17,18)19)22-10-14(24)23(7-1-5-20)8-2-6-21/h3-4,9,22H,1-2,7-8,10H2. The molecule has 1 N–H and O–H groups in total. The molecule has 1 aromatic carbocycles. The number of nitrogens with one attached hydrogen (secondary N) is 1. The number of halogens is 4. The highest BCUT2D eigenvalue weighted by atomic mass is 35.5. The molecule has 0 aromatic heterocycles. The number of rotatable bonds is 7. The molecule has 128 valence electrons. The molecule has 0 heterocycles. The molecule has 0 aliphatic rings. The lowest BCUT2D eigenvalue weighted by molar-refractivity contribution is -0.137. The van der Waals surface area contributed by atoms with Gasteiger partial charge in [0.1, 0.15) is 0 Å². The number of carbonyl (C=O) groups is 1. The van der Waals surface area contributed by atoms with Crippen molar-refractivity contribution in [3.8, 4) is 12.1 Å². The second-order valence-electron chi connectivity index (χ2n) is 4.74. The fourth-order valence-electron chi connectivity index (χ4n) is 1.87. The van der Waals surface area contributed by atoms with Gasteiger partial charge >= 0.3 is 6.18 Å². The van der Waals surface area contributed by atoms with Gasteiger partial charge in [-0.3, -0.25) is 4.79 Å². The maximum Gasteiger partial charge on any atom is 0.417 e. The van der Waals surface area contributed by atoms with Crippen molar-refractivity contribution in [3.05, 3.63) is 28.8 Å². The number of hydrogen-bond acceptors (Lipinski definition) is 4. The molecule has 24 heavy (non-hydrogen) atoms. The predicted octanol–water partition coefficient (Wildman–Crippen LogP) is 3.43. The molecule has 1 rings (SSSR count). The zero-order valence-corrected chi connectivity index (χ0v) is 13.3. The Hall–Kier alpha value is -2.45. The highest BCUT2D eigenvalue weighted by Gasteiger charge is 2.33. The van der Waals surface area contributed by atoms with Gasteiger partial charge in [-0.1, -0.05) is 11.6 Å². The summed E-state index contributed by atoms with van der Waals surface area (Å²) in [6.45, 7) is 0.0655. The van der Waals surface area contributed by atoms with Crippen LogP contribution in [0.15, 0.2) is 18.2 Å². The largest absolute Gasteiger partial charge is 0.417 e. The van der Waals surface area contributed by atoms with Crippen LogP contribution in [0, 0.1) is 22.7 Å². The fraction of sp³-hybridized carbons (Fsp3) is 0.400. The third kappa shape index (κ3) is 5.98. The lowest BCUT2D eigenvalue weighted by atomic mass is 10.2. The second kappa shape index (κ2) is 8.99. The minimum absolute atomic E-state index is 0.0978. The lowest BCUT2D eigenvalue weighted by Crippen LogP contribution is -2.37. The summed E-state index contributed by atoms with van der Waals surface area (Å²) in [5.74, 6) is -0.413. The van der Waals surface area contributed by atoms with E-state index in [0.29, 0.717) is 0 Å². The summed E-state index contributed by atoms with van der Waals surface area (Å²) in [6.07, 6.45) is -4.38. The molecule has 0 radical (unpaired) electrons. The minimum Gasteiger partial charge on any atom is -0.376 e.